The molecule has 0 unspecified atom stereocenters. The number of benzene rings is 2. The summed E-state index contributed by atoms with van der Waals surface area (Å²) in [6.45, 7) is 0.618. The maximum absolute atomic E-state index is 11.2. The van der Waals surface area contributed by atoms with Gasteiger partial charge in [0.05, 0.1) is 12.1 Å². The molecule has 2 aromatic heterocycles. The monoisotopic (exact) mass is 460 g/mol. The Morgan fingerprint density at radius 3 is 2.69 bits per heavy atom. The lowest BCUT2D eigenvalue weighted by atomic mass is 10.1. The molecule has 0 spiro atoms. The molecule has 4 rings (SSSR count). The molecule has 8 nitrogen and oxygen atoms in total. The van der Waals surface area contributed by atoms with Gasteiger partial charge in [0.2, 0.25) is 0 Å². The number of rotatable bonds is 3. The van der Waals surface area contributed by atoms with Crippen molar-refractivity contribution in [2.75, 3.05) is 5.73 Å². The van der Waals surface area contributed by atoms with Gasteiger partial charge in [0.15, 0.2) is 5.82 Å². The summed E-state index contributed by atoms with van der Waals surface area (Å²) in [4.78, 5) is 11.2. The highest BCUT2D eigenvalue weighted by Crippen LogP contribution is 2.29. The van der Waals surface area contributed by atoms with Gasteiger partial charge >= 0.3 is 6.09 Å². The van der Waals surface area contributed by atoms with Crippen LogP contribution >= 0.6 is 22.6 Å². The summed E-state index contributed by atoms with van der Waals surface area (Å²) in [5.41, 5.74) is 8.95. The molecule has 0 aliphatic carbocycles. The van der Waals surface area contributed by atoms with Crippen molar-refractivity contribution in [3.8, 4) is 11.3 Å². The molecular formula is C17H13IN6O2. The molecule has 9 heteroatoms. The van der Waals surface area contributed by atoms with Crippen LogP contribution in [0.4, 0.5) is 10.6 Å². The van der Waals surface area contributed by atoms with E-state index in [1.165, 1.54) is 0 Å². The number of nitrogen functional groups attached to an aromatic ring is 1. The molecule has 2 heterocycles. The van der Waals surface area contributed by atoms with Crippen LogP contribution in [-0.2, 0) is 6.54 Å². The van der Waals surface area contributed by atoms with Gasteiger partial charge in [-0.15, -0.1) is 10.2 Å². The molecule has 0 atom stereocenters. The summed E-state index contributed by atoms with van der Waals surface area (Å²) in [5.74, 6) is 0.163. The highest BCUT2D eigenvalue weighted by molar-refractivity contribution is 14.1. The van der Waals surface area contributed by atoms with Gasteiger partial charge in [0.25, 0.3) is 0 Å². The van der Waals surface area contributed by atoms with Gasteiger partial charge in [-0.3, -0.25) is 0 Å². The Morgan fingerprint density at radius 2 is 1.96 bits per heavy atom. The van der Waals surface area contributed by atoms with E-state index in [2.05, 4.69) is 38.0 Å². The van der Waals surface area contributed by atoms with Gasteiger partial charge in [0.1, 0.15) is 9.39 Å². The second kappa shape index (κ2) is 6.41. The number of halogens is 1. The quantitative estimate of drug-likeness (QED) is 0.455. The third-order valence-electron chi connectivity index (χ3n) is 4.01. The predicted octanol–water partition coefficient (Wildman–Crippen LogP) is 3.06. The fraction of sp³-hybridized carbons (Fsp3) is 0.0588. The van der Waals surface area contributed by atoms with E-state index in [4.69, 9.17) is 5.73 Å². The Labute approximate surface area is 161 Å². The van der Waals surface area contributed by atoms with Crippen LogP contribution in [0.15, 0.2) is 48.5 Å². The number of hydrogen-bond donors (Lipinski definition) is 2. The number of nitrogens with two attached hydrogens (primary N) is 1. The first-order valence-electron chi connectivity index (χ1n) is 7.69. The van der Waals surface area contributed by atoms with E-state index in [-0.39, 0.29) is 5.82 Å². The van der Waals surface area contributed by atoms with Crippen LogP contribution < -0.4 is 5.73 Å². The van der Waals surface area contributed by atoms with Crippen molar-refractivity contribution in [2.45, 2.75) is 6.54 Å². The van der Waals surface area contributed by atoms with Crippen molar-refractivity contribution in [1.82, 2.24) is 24.8 Å². The largest absolute Gasteiger partial charge is 0.463 e. The molecule has 26 heavy (non-hydrogen) atoms. The number of anilines is 1. The molecule has 2 aromatic carbocycles. The molecule has 4 aromatic rings. The molecule has 0 aliphatic rings. The normalized spacial score (nSPS) is 11.1. The first-order chi connectivity index (χ1) is 12.5. The van der Waals surface area contributed by atoms with E-state index in [0.717, 1.165) is 19.5 Å². The lowest BCUT2D eigenvalue weighted by Crippen LogP contribution is -2.09. The zero-order valence-corrected chi connectivity index (χ0v) is 15.5. The zero-order chi connectivity index (χ0) is 18.3. The summed E-state index contributed by atoms with van der Waals surface area (Å²) in [5, 5.41) is 22.1. The van der Waals surface area contributed by atoms with Gasteiger partial charge in [-0.1, -0.05) is 41.6 Å². The highest BCUT2D eigenvalue weighted by atomic mass is 127. The molecule has 130 valence electrons. The third kappa shape index (κ3) is 2.79. The van der Waals surface area contributed by atoms with Crippen LogP contribution in [0.2, 0.25) is 0 Å². The van der Waals surface area contributed by atoms with Crippen molar-refractivity contribution < 1.29 is 9.90 Å². The Morgan fingerprint density at radius 1 is 1.19 bits per heavy atom. The summed E-state index contributed by atoms with van der Waals surface area (Å²) < 4.78 is 3.57. The standard InChI is InChI=1S/C17H13IN6O2/c18-15-14(20-22-23(15)9-10-4-2-1-3-5-10)11-6-7-13-12(8-11)16(19)21-24(13)17(25)26/h1-8H,9H2,(H2,19,21)(H,25,26). The minimum Gasteiger partial charge on any atom is -0.463 e. The summed E-state index contributed by atoms with van der Waals surface area (Å²) in [6.07, 6.45) is -1.18. The first-order valence-corrected chi connectivity index (χ1v) is 8.77. The Kier molecular flexibility index (Phi) is 4.07. The van der Waals surface area contributed by atoms with Crippen molar-refractivity contribution in [2.24, 2.45) is 0 Å². The topological polar surface area (TPSA) is 112 Å². The molecule has 0 saturated carbocycles. The van der Waals surface area contributed by atoms with Crippen LogP contribution in [0, 0.1) is 3.70 Å². The van der Waals surface area contributed by atoms with Crippen molar-refractivity contribution in [3.05, 3.63) is 57.8 Å². The second-order valence-corrected chi connectivity index (χ2v) is 6.71. The number of hydrogen-bond acceptors (Lipinski definition) is 5. The minimum absolute atomic E-state index is 0.163. The maximum atomic E-state index is 11.2. The first kappa shape index (κ1) is 16.5. The van der Waals surface area contributed by atoms with E-state index >= 15 is 0 Å². The summed E-state index contributed by atoms with van der Waals surface area (Å²) >= 11 is 2.21. The Hall–Kier alpha value is -2.95. The Balaban J connectivity index is 1.74. The summed E-state index contributed by atoms with van der Waals surface area (Å²) in [7, 11) is 0. The smallest absolute Gasteiger partial charge is 0.432 e. The van der Waals surface area contributed by atoms with Crippen LogP contribution in [0.1, 0.15) is 5.56 Å². The zero-order valence-electron chi connectivity index (χ0n) is 13.4. The molecule has 0 saturated heterocycles. The molecule has 0 aliphatic heterocycles. The minimum atomic E-state index is -1.18. The second-order valence-electron chi connectivity index (χ2n) is 5.68. The van der Waals surface area contributed by atoms with E-state index in [1.807, 2.05) is 35.0 Å². The van der Waals surface area contributed by atoms with Gasteiger partial charge in [0, 0.05) is 10.9 Å². The lowest BCUT2D eigenvalue weighted by Gasteiger charge is -2.03. The van der Waals surface area contributed by atoms with Gasteiger partial charge < -0.3 is 10.8 Å². The summed E-state index contributed by atoms with van der Waals surface area (Å²) in [6, 6.07) is 15.3. The van der Waals surface area contributed by atoms with Crippen molar-refractivity contribution in [3.63, 3.8) is 0 Å². The van der Waals surface area contributed by atoms with Gasteiger partial charge in [-0.2, -0.15) is 4.68 Å². The molecule has 3 N–H and O–H groups in total. The highest BCUT2D eigenvalue weighted by Gasteiger charge is 2.17. The maximum Gasteiger partial charge on any atom is 0.432 e. The van der Waals surface area contributed by atoms with Crippen molar-refractivity contribution >= 4 is 45.4 Å². The number of fused-ring (bicyclic) bond motifs is 1. The van der Waals surface area contributed by atoms with Gasteiger partial charge in [-0.05, 0) is 40.3 Å². The lowest BCUT2D eigenvalue weighted by molar-refractivity contribution is 0.194. The predicted molar refractivity (Wildman–Crippen MR) is 105 cm³/mol. The average Bonchev–Trinajstić information content (AvgIpc) is 3.16. The fourth-order valence-corrected chi connectivity index (χ4v) is 3.46. The average molecular weight is 460 g/mol. The number of aromatic nitrogens is 5. The van der Waals surface area contributed by atoms with Crippen LogP contribution in [0.25, 0.3) is 22.2 Å². The number of carbonyl (C=O) groups is 1. The van der Waals surface area contributed by atoms with Crippen LogP contribution in [0.5, 0.6) is 0 Å². The molecular weight excluding hydrogens is 447 g/mol. The van der Waals surface area contributed by atoms with Crippen molar-refractivity contribution in [1.29, 1.82) is 0 Å². The van der Waals surface area contributed by atoms with Gasteiger partial charge in [-0.25, -0.2) is 9.48 Å². The van der Waals surface area contributed by atoms with Crippen LogP contribution in [-0.4, -0.2) is 36.0 Å². The Bertz CT molecular complexity index is 1120. The molecule has 0 fully saturated rings. The fourth-order valence-electron chi connectivity index (χ4n) is 2.77. The molecule has 0 amide bonds. The number of nitrogens with zero attached hydrogens (tertiary/aromatic N) is 5. The van der Waals surface area contributed by atoms with E-state index in [9.17, 15) is 9.90 Å². The molecule has 0 radical (unpaired) electrons. The molecule has 0 bridgehead atoms. The SMILES string of the molecule is Nc1nn(C(=O)O)c2ccc(-c3nnn(Cc4ccccc4)c3I)cc12. The third-order valence-corrected chi connectivity index (χ3v) is 5.08. The van der Waals surface area contributed by atoms with E-state index in [0.29, 0.717) is 23.1 Å². The van der Waals surface area contributed by atoms with E-state index < -0.39 is 6.09 Å². The number of carboxylic acid groups (broad SMARTS) is 1. The van der Waals surface area contributed by atoms with Crippen LogP contribution in [0.3, 0.4) is 0 Å². The van der Waals surface area contributed by atoms with E-state index in [1.54, 1.807) is 18.2 Å².